The summed E-state index contributed by atoms with van der Waals surface area (Å²) in [7, 11) is 0. The number of hydrogen-bond acceptors (Lipinski definition) is 2. The molecule has 0 heterocycles. The third kappa shape index (κ3) is 4.17. The first-order valence-electron chi connectivity index (χ1n) is 5.67. The first-order valence-corrected chi connectivity index (χ1v) is 6.46. The summed E-state index contributed by atoms with van der Waals surface area (Å²) in [5.74, 6) is -0.0195. The summed E-state index contributed by atoms with van der Waals surface area (Å²) in [5.41, 5.74) is 1.07. The SMILES string of the molecule is C=CC(=NC(=C)C(=C)OCC)c1cc(Br)ccc1F. The van der Waals surface area contributed by atoms with E-state index in [4.69, 9.17) is 4.74 Å². The van der Waals surface area contributed by atoms with Gasteiger partial charge >= 0.3 is 0 Å². The van der Waals surface area contributed by atoms with Gasteiger partial charge in [-0.25, -0.2) is 9.38 Å². The lowest BCUT2D eigenvalue weighted by atomic mass is 10.1. The summed E-state index contributed by atoms with van der Waals surface area (Å²) in [5, 5.41) is 0. The summed E-state index contributed by atoms with van der Waals surface area (Å²) in [4.78, 5) is 4.20. The molecule has 0 bridgehead atoms. The molecule has 0 aliphatic heterocycles. The Hall–Kier alpha value is -1.68. The Morgan fingerprint density at radius 3 is 2.74 bits per heavy atom. The summed E-state index contributed by atoms with van der Waals surface area (Å²) in [6.07, 6.45) is 1.47. The van der Waals surface area contributed by atoms with Gasteiger partial charge in [-0.05, 0) is 31.2 Å². The number of allylic oxidation sites excluding steroid dienone is 1. The topological polar surface area (TPSA) is 21.6 Å². The first kappa shape index (κ1) is 15.4. The Kier molecular flexibility index (Phi) is 5.70. The number of aliphatic imine (C=N–C) groups is 1. The molecule has 0 atom stereocenters. The maximum Gasteiger partial charge on any atom is 0.137 e. The Bertz CT molecular complexity index is 549. The normalized spacial score (nSPS) is 11.0. The minimum Gasteiger partial charge on any atom is -0.492 e. The zero-order chi connectivity index (χ0) is 14.4. The Morgan fingerprint density at radius 2 is 2.16 bits per heavy atom. The van der Waals surface area contributed by atoms with Crippen molar-refractivity contribution in [2.75, 3.05) is 6.61 Å². The van der Waals surface area contributed by atoms with Gasteiger partial charge in [0, 0.05) is 10.0 Å². The molecule has 1 aromatic rings. The average Bonchev–Trinajstić information content (AvgIpc) is 2.39. The van der Waals surface area contributed by atoms with Crippen molar-refractivity contribution >= 4 is 21.6 Å². The molecule has 2 nitrogen and oxygen atoms in total. The van der Waals surface area contributed by atoms with Crippen LogP contribution in [0.2, 0.25) is 0 Å². The second-order valence-corrected chi connectivity index (χ2v) is 4.54. The van der Waals surface area contributed by atoms with E-state index in [9.17, 15) is 4.39 Å². The van der Waals surface area contributed by atoms with Crippen LogP contribution in [0.15, 0.2) is 64.9 Å². The van der Waals surface area contributed by atoms with Gasteiger partial charge in [0.05, 0.1) is 18.0 Å². The third-order valence-electron chi connectivity index (χ3n) is 2.29. The molecule has 0 aromatic heterocycles. The molecule has 0 unspecified atom stereocenters. The summed E-state index contributed by atoms with van der Waals surface area (Å²) in [6, 6.07) is 4.61. The molecule has 0 saturated heterocycles. The van der Waals surface area contributed by atoms with Crippen molar-refractivity contribution in [3.05, 3.63) is 71.3 Å². The molecule has 19 heavy (non-hydrogen) atoms. The monoisotopic (exact) mass is 323 g/mol. The number of rotatable bonds is 6. The van der Waals surface area contributed by atoms with Crippen LogP contribution in [0.1, 0.15) is 12.5 Å². The van der Waals surface area contributed by atoms with E-state index in [0.29, 0.717) is 29.3 Å². The zero-order valence-electron chi connectivity index (χ0n) is 10.7. The highest BCUT2D eigenvalue weighted by atomic mass is 79.9. The van der Waals surface area contributed by atoms with E-state index in [0.717, 1.165) is 4.47 Å². The van der Waals surface area contributed by atoms with E-state index >= 15 is 0 Å². The minimum atomic E-state index is -0.378. The molecule has 0 fully saturated rings. The highest BCUT2D eigenvalue weighted by Gasteiger charge is 2.09. The summed E-state index contributed by atoms with van der Waals surface area (Å²) >= 11 is 3.29. The predicted molar refractivity (Wildman–Crippen MR) is 80.7 cm³/mol. The van der Waals surface area contributed by atoms with Crippen molar-refractivity contribution in [2.45, 2.75) is 6.92 Å². The van der Waals surface area contributed by atoms with Crippen molar-refractivity contribution in [1.82, 2.24) is 0 Å². The van der Waals surface area contributed by atoms with E-state index < -0.39 is 0 Å². The molecule has 0 aliphatic carbocycles. The first-order chi connectivity index (χ1) is 8.99. The summed E-state index contributed by atoms with van der Waals surface area (Å²) < 4.78 is 19.7. The Morgan fingerprint density at radius 1 is 1.47 bits per heavy atom. The van der Waals surface area contributed by atoms with Crippen molar-refractivity contribution in [3.8, 4) is 0 Å². The zero-order valence-corrected chi connectivity index (χ0v) is 12.3. The van der Waals surface area contributed by atoms with Crippen LogP contribution in [-0.2, 0) is 4.74 Å². The van der Waals surface area contributed by atoms with Crippen LogP contribution in [-0.4, -0.2) is 12.3 Å². The number of hydrogen-bond donors (Lipinski definition) is 0. The Balaban J connectivity index is 3.13. The number of nitrogens with zero attached hydrogens (tertiary/aromatic N) is 1. The fourth-order valence-electron chi connectivity index (χ4n) is 1.37. The minimum absolute atomic E-state index is 0.342. The molecule has 4 heteroatoms. The molecular weight excluding hydrogens is 309 g/mol. The van der Waals surface area contributed by atoms with Gasteiger partial charge in [-0.2, -0.15) is 0 Å². The van der Waals surface area contributed by atoms with Crippen molar-refractivity contribution in [3.63, 3.8) is 0 Å². The number of halogens is 2. The van der Waals surface area contributed by atoms with E-state index in [-0.39, 0.29) is 5.82 Å². The lowest BCUT2D eigenvalue weighted by Gasteiger charge is -2.08. The van der Waals surface area contributed by atoms with Gasteiger partial charge in [-0.1, -0.05) is 35.7 Å². The second-order valence-electron chi connectivity index (χ2n) is 3.63. The summed E-state index contributed by atoms with van der Waals surface area (Å²) in [6.45, 7) is 13.4. The lowest BCUT2D eigenvalue weighted by Crippen LogP contribution is -2.02. The van der Waals surface area contributed by atoms with Gasteiger partial charge in [0.15, 0.2) is 0 Å². The molecule has 0 aliphatic rings. The standard InChI is InChI=1S/C15H15BrFNO/c1-5-15(18-10(3)11(4)19-6-2)13-9-12(16)7-8-14(13)17/h5,7-9H,1,3-4,6H2,2H3. The van der Waals surface area contributed by atoms with Gasteiger partial charge in [-0.15, -0.1) is 0 Å². The van der Waals surface area contributed by atoms with E-state index in [1.54, 1.807) is 12.1 Å². The van der Waals surface area contributed by atoms with Crippen molar-refractivity contribution in [1.29, 1.82) is 0 Å². The number of benzene rings is 1. The predicted octanol–water partition coefficient (Wildman–Crippen LogP) is 4.63. The molecular formula is C15H15BrFNO. The van der Waals surface area contributed by atoms with E-state index in [1.807, 2.05) is 6.92 Å². The van der Waals surface area contributed by atoms with E-state index in [2.05, 4.69) is 40.7 Å². The van der Waals surface area contributed by atoms with Crippen LogP contribution in [0, 0.1) is 5.82 Å². The molecule has 1 aromatic carbocycles. The quantitative estimate of drug-likeness (QED) is 0.425. The van der Waals surface area contributed by atoms with Gasteiger partial charge in [0.2, 0.25) is 0 Å². The maximum absolute atomic E-state index is 13.8. The smallest absolute Gasteiger partial charge is 0.137 e. The lowest BCUT2D eigenvalue weighted by molar-refractivity contribution is 0.239. The second kappa shape index (κ2) is 7.04. The van der Waals surface area contributed by atoms with Crippen molar-refractivity contribution in [2.24, 2.45) is 4.99 Å². The molecule has 0 N–H and O–H groups in total. The molecule has 100 valence electrons. The Labute approximate surface area is 121 Å². The highest BCUT2D eigenvalue weighted by Crippen LogP contribution is 2.19. The van der Waals surface area contributed by atoms with E-state index in [1.165, 1.54) is 12.1 Å². The van der Waals surface area contributed by atoms with Gasteiger partial charge in [0.1, 0.15) is 11.6 Å². The maximum atomic E-state index is 13.8. The molecule has 0 saturated carbocycles. The van der Waals surface area contributed by atoms with Crippen LogP contribution >= 0.6 is 15.9 Å². The van der Waals surface area contributed by atoms with Crippen LogP contribution in [0.4, 0.5) is 4.39 Å². The average molecular weight is 324 g/mol. The highest BCUT2D eigenvalue weighted by molar-refractivity contribution is 9.10. The molecule has 0 radical (unpaired) electrons. The van der Waals surface area contributed by atoms with Crippen molar-refractivity contribution < 1.29 is 9.13 Å². The molecule has 1 rings (SSSR count). The van der Waals surface area contributed by atoms with Crippen LogP contribution in [0.25, 0.3) is 0 Å². The molecule has 0 amide bonds. The van der Waals surface area contributed by atoms with Gasteiger partial charge in [-0.3, -0.25) is 0 Å². The van der Waals surface area contributed by atoms with Gasteiger partial charge < -0.3 is 4.74 Å². The fraction of sp³-hybridized carbons (Fsp3) is 0.133. The van der Waals surface area contributed by atoms with Crippen LogP contribution in [0.3, 0.4) is 0 Å². The van der Waals surface area contributed by atoms with Crippen LogP contribution < -0.4 is 0 Å². The third-order valence-corrected chi connectivity index (χ3v) is 2.79. The fourth-order valence-corrected chi connectivity index (χ4v) is 1.74. The van der Waals surface area contributed by atoms with Gasteiger partial charge in [0.25, 0.3) is 0 Å². The molecule has 0 spiro atoms. The van der Waals surface area contributed by atoms with Crippen LogP contribution in [0.5, 0.6) is 0 Å². The largest absolute Gasteiger partial charge is 0.492 e. The number of ether oxygens (including phenoxy) is 1.